The molecule has 0 aliphatic heterocycles. The zero-order valence-corrected chi connectivity index (χ0v) is 11.6. The Labute approximate surface area is 113 Å². The molecule has 19 heavy (non-hydrogen) atoms. The van der Waals surface area contributed by atoms with E-state index in [4.69, 9.17) is 5.11 Å². The van der Waals surface area contributed by atoms with Crippen LogP contribution in [0.5, 0.6) is 11.5 Å². The molecule has 1 rings (SSSR count). The quantitative estimate of drug-likeness (QED) is 0.761. The first-order valence-corrected chi connectivity index (χ1v) is 6.18. The summed E-state index contributed by atoms with van der Waals surface area (Å²) in [5, 5.41) is 27.8. The molecule has 0 bridgehead atoms. The molecule has 0 aliphatic rings. The van der Waals surface area contributed by atoms with Crippen LogP contribution in [-0.4, -0.2) is 38.3 Å². The summed E-state index contributed by atoms with van der Waals surface area (Å²) in [6, 6.07) is 4.44. The largest absolute Gasteiger partial charge is 0.508 e. The van der Waals surface area contributed by atoms with Gasteiger partial charge < -0.3 is 15.3 Å². The minimum Gasteiger partial charge on any atom is -0.508 e. The van der Waals surface area contributed by atoms with Crippen LogP contribution in [0.3, 0.4) is 0 Å². The molecule has 0 fully saturated rings. The van der Waals surface area contributed by atoms with Gasteiger partial charge in [-0.3, -0.25) is 9.69 Å². The normalized spacial score (nSPS) is 11.8. The topological polar surface area (TPSA) is 81.0 Å². The molecule has 0 spiro atoms. The number of rotatable bonds is 5. The number of hydrogen-bond acceptors (Lipinski definition) is 4. The van der Waals surface area contributed by atoms with Crippen molar-refractivity contribution in [1.82, 2.24) is 4.90 Å². The Bertz CT molecular complexity index is 451. The Morgan fingerprint density at radius 3 is 2.37 bits per heavy atom. The molecule has 3 N–H and O–H groups in total. The van der Waals surface area contributed by atoms with Gasteiger partial charge in [-0.05, 0) is 26.8 Å². The zero-order valence-electron chi connectivity index (χ0n) is 11.6. The van der Waals surface area contributed by atoms with Crippen molar-refractivity contribution in [3.8, 4) is 11.5 Å². The molecule has 106 valence electrons. The van der Waals surface area contributed by atoms with Crippen LogP contribution in [0, 0.1) is 0 Å². The second kappa shape index (κ2) is 5.93. The SMILES string of the molecule is CC(C)(C)N(CCC(=O)O)Cc1ccc(O)cc1O. The molecular formula is C14H21NO4. The molecule has 0 aliphatic carbocycles. The number of phenolic OH excluding ortho intramolecular Hbond substituents is 2. The smallest absolute Gasteiger partial charge is 0.304 e. The van der Waals surface area contributed by atoms with E-state index in [9.17, 15) is 15.0 Å². The number of carbonyl (C=O) groups is 1. The predicted octanol–water partition coefficient (Wildman–Crippen LogP) is 2.17. The fraction of sp³-hybridized carbons (Fsp3) is 0.500. The lowest BCUT2D eigenvalue weighted by Gasteiger charge is -2.35. The van der Waals surface area contributed by atoms with Crippen molar-refractivity contribution in [2.24, 2.45) is 0 Å². The number of carboxylic acids is 1. The van der Waals surface area contributed by atoms with E-state index in [2.05, 4.69) is 0 Å². The molecule has 0 atom stereocenters. The van der Waals surface area contributed by atoms with Crippen LogP contribution in [0.4, 0.5) is 0 Å². The number of benzene rings is 1. The maximum absolute atomic E-state index is 10.7. The van der Waals surface area contributed by atoms with Crippen molar-refractivity contribution < 1.29 is 20.1 Å². The number of nitrogens with zero attached hydrogens (tertiary/aromatic N) is 1. The molecule has 0 heterocycles. The molecule has 0 saturated carbocycles. The fourth-order valence-electron chi connectivity index (χ4n) is 1.77. The lowest BCUT2D eigenvalue weighted by atomic mass is 10.0. The highest BCUT2D eigenvalue weighted by Crippen LogP contribution is 2.26. The summed E-state index contributed by atoms with van der Waals surface area (Å²) in [7, 11) is 0. The maximum atomic E-state index is 10.7. The van der Waals surface area contributed by atoms with Crippen molar-refractivity contribution >= 4 is 5.97 Å². The van der Waals surface area contributed by atoms with Crippen molar-refractivity contribution in [3.05, 3.63) is 23.8 Å². The van der Waals surface area contributed by atoms with Crippen LogP contribution >= 0.6 is 0 Å². The van der Waals surface area contributed by atoms with Crippen molar-refractivity contribution in [2.45, 2.75) is 39.3 Å². The van der Waals surface area contributed by atoms with E-state index in [-0.39, 0.29) is 23.5 Å². The van der Waals surface area contributed by atoms with Gasteiger partial charge in [0.1, 0.15) is 11.5 Å². The first-order valence-electron chi connectivity index (χ1n) is 6.18. The summed E-state index contributed by atoms with van der Waals surface area (Å²) in [6.07, 6.45) is 0.0517. The van der Waals surface area contributed by atoms with Gasteiger partial charge >= 0.3 is 5.97 Å². The molecule has 0 amide bonds. The average molecular weight is 267 g/mol. The molecule has 5 heteroatoms. The van der Waals surface area contributed by atoms with Crippen molar-refractivity contribution in [1.29, 1.82) is 0 Å². The monoisotopic (exact) mass is 267 g/mol. The summed E-state index contributed by atoms with van der Waals surface area (Å²) in [5.74, 6) is -0.817. The number of hydrogen-bond donors (Lipinski definition) is 3. The highest BCUT2D eigenvalue weighted by molar-refractivity contribution is 5.66. The minimum absolute atomic E-state index is 0.00842. The van der Waals surface area contributed by atoms with Crippen LogP contribution in [-0.2, 0) is 11.3 Å². The first-order chi connectivity index (χ1) is 8.70. The first kappa shape index (κ1) is 15.3. The second-order valence-electron chi connectivity index (χ2n) is 5.55. The molecule has 1 aromatic rings. The number of carboxylic acid groups (broad SMARTS) is 1. The molecular weight excluding hydrogens is 246 g/mol. The standard InChI is InChI=1S/C14H21NO4/c1-14(2,3)15(7-6-13(18)19)9-10-4-5-11(16)8-12(10)17/h4-5,8,16-17H,6-7,9H2,1-3H3,(H,18,19). The zero-order chi connectivity index (χ0) is 14.6. The van der Waals surface area contributed by atoms with E-state index in [1.807, 2.05) is 25.7 Å². The van der Waals surface area contributed by atoms with Gasteiger partial charge in [0.2, 0.25) is 0 Å². The van der Waals surface area contributed by atoms with Gasteiger partial charge in [0, 0.05) is 30.3 Å². The van der Waals surface area contributed by atoms with Crippen LogP contribution in [0.2, 0.25) is 0 Å². The second-order valence-corrected chi connectivity index (χ2v) is 5.55. The molecule has 0 saturated heterocycles. The highest BCUT2D eigenvalue weighted by Gasteiger charge is 2.23. The molecule has 5 nitrogen and oxygen atoms in total. The van der Waals surface area contributed by atoms with Crippen LogP contribution < -0.4 is 0 Å². The minimum atomic E-state index is -0.843. The highest BCUT2D eigenvalue weighted by atomic mass is 16.4. The summed E-state index contributed by atoms with van der Waals surface area (Å²) in [5.41, 5.74) is 0.456. The van der Waals surface area contributed by atoms with Gasteiger partial charge in [-0.2, -0.15) is 0 Å². The Morgan fingerprint density at radius 1 is 1.26 bits per heavy atom. The van der Waals surface area contributed by atoms with Crippen LogP contribution in [0.15, 0.2) is 18.2 Å². The van der Waals surface area contributed by atoms with Gasteiger partial charge in [-0.1, -0.05) is 6.07 Å². The maximum Gasteiger partial charge on any atom is 0.304 e. The predicted molar refractivity (Wildman–Crippen MR) is 72.2 cm³/mol. The third-order valence-corrected chi connectivity index (χ3v) is 2.97. The number of aromatic hydroxyl groups is 2. The number of phenols is 2. The van der Waals surface area contributed by atoms with Gasteiger partial charge in [-0.15, -0.1) is 0 Å². The molecule has 0 radical (unpaired) electrons. The molecule has 0 unspecified atom stereocenters. The van der Waals surface area contributed by atoms with E-state index in [1.54, 1.807) is 6.07 Å². The summed E-state index contributed by atoms with van der Waals surface area (Å²) in [4.78, 5) is 12.7. The lowest BCUT2D eigenvalue weighted by Crippen LogP contribution is -2.42. The fourth-order valence-corrected chi connectivity index (χ4v) is 1.77. The summed E-state index contributed by atoms with van der Waals surface area (Å²) >= 11 is 0. The third kappa shape index (κ3) is 4.79. The van der Waals surface area contributed by atoms with Crippen molar-refractivity contribution in [2.75, 3.05) is 6.54 Å². The van der Waals surface area contributed by atoms with Gasteiger partial charge in [0.25, 0.3) is 0 Å². The van der Waals surface area contributed by atoms with Gasteiger partial charge in [-0.25, -0.2) is 0 Å². The van der Waals surface area contributed by atoms with E-state index in [0.717, 1.165) is 0 Å². The van der Waals surface area contributed by atoms with E-state index < -0.39 is 5.97 Å². The summed E-state index contributed by atoms with van der Waals surface area (Å²) in [6.45, 7) is 6.81. The van der Waals surface area contributed by atoms with Gasteiger partial charge in [0.05, 0.1) is 6.42 Å². The van der Waals surface area contributed by atoms with Gasteiger partial charge in [0.15, 0.2) is 0 Å². The Morgan fingerprint density at radius 2 is 1.89 bits per heavy atom. The summed E-state index contributed by atoms with van der Waals surface area (Å²) < 4.78 is 0. The molecule has 0 aromatic heterocycles. The lowest BCUT2D eigenvalue weighted by molar-refractivity contribution is -0.137. The molecule has 1 aromatic carbocycles. The average Bonchev–Trinajstić information content (AvgIpc) is 2.24. The Balaban J connectivity index is 2.85. The van der Waals surface area contributed by atoms with E-state index >= 15 is 0 Å². The van der Waals surface area contributed by atoms with E-state index in [0.29, 0.717) is 18.7 Å². The van der Waals surface area contributed by atoms with Crippen LogP contribution in [0.25, 0.3) is 0 Å². The van der Waals surface area contributed by atoms with E-state index in [1.165, 1.54) is 12.1 Å². The van der Waals surface area contributed by atoms with Crippen LogP contribution in [0.1, 0.15) is 32.8 Å². The number of aliphatic carboxylic acids is 1. The Hall–Kier alpha value is -1.75. The Kier molecular flexibility index (Phi) is 4.78. The van der Waals surface area contributed by atoms with Crippen molar-refractivity contribution in [3.63, 3.8) is 0 Å². The third-order valence-electron chi connectivity index (χ3n) is 2.97.